The Morgan fingerprint density at radius 3 is 2.44 bits per heavy atom. The third-order valence-electron chi connectivity index (χ3n) is 2.21. The molecule has 0 amide bonds. The molecule has 0 saturated heterocycles. The molecule has 2 atom stereocenters. The largest absolute Gasteiger partial charge is 0.466 e. The molecule has 0 aromatic heterocycles. The van der Waals surface area contributed by atoms with Gasteiger partial charge in [0.15, 0.2) is 0 Å². The molecule has 0 saturated carbocycles. The zero-order chi connectivity index (χ0) is 12.7. The lowest BCUT2D eigenvalue weighted by Gasteiger charge is -2.26. The maximum Gasteiger partial charge on any atom is 0.335 e. The number of aliphatic hydroxyl groups is 2. The van der Waals surface area contributed by atoms with Crippen LogP contribution in [-0.2, 0) is 14.3 Å². The number of carbonyl (C=O) groups is 1. The summed E-state index contributed by atoms with van der Waals surface area (Å²) in [5.74, 6) is -0.504. The Morgan fingerprint density at radius 1 is 1.44 bits per heavy atom. The van der Waals surface area contributed by atoms with Gasteiger partial charge in [0.25, 0.3) is 0 Å². The van der Waals surface area contributed by atoms with Crippen molar-refractivity contribution in [3.8, 4) is 0 Å². The highest BCUT2D eigenvalue weighted by Gasteiger charge is 2.30. The van der Waals surface area contributed by atoms with Gasteiger partial charge < -0.3 is 19.7 Å². The fraction of sp³-hybridized carbons (Fsp3) is 0.700. The van der Waals surface area contributed by atoms with Gasteiger partial charge in [-0.3, -0.25) is 0 Å². The summed E-state index contributed by atoms with van der Waals surface area (Å²) in [6, 6.07) is 0. The predicted octanol–water partition coefficient (Wildman–Crippen LogP) is 0.430. The van der Waals surface area contributed by atoms with Crippen LogP contribution in [0.25, 0.3) is 0 Å². The molecule has 0 aliphatic heterocycles. The highest BCUT2D eigenvalue weighted by molar-refractivity contribution is 6.32. The standard InChI is InChI=1S/C9H13ClO4.CH4O/c1-13-7-4-5(11)3-6(8(7)10)9(12)14-2;1-2/h5,7,11H,3-4H2,1-2H3;2H,1H3. The number of hydrogen-bond acceptors (Lipinski definition) is 5. The second-order valence-corrected chi connectivity index (χ2v) is 3.54. The molecule has 0 fully saturated rings. The number of halogens is 1. The van der Waals surface area contributed by atoms with Gasteiger partial charge in [0, 0.05) is 27.1 Å². The summed E-state index contributed by atoms with van der Waals surface area (Å²) in [6.07, 6.45) is -0.368. The van der Waals surface area contributed by atoms with E-state index in [4.69, 9.17) is 21.4 Å². The van der Waals surface area contributed by atoms with E-state index in [0.29, 0.717) is 17.0 Å². The first-order chi connectivity index (χ1) is 7.60. The molecule has 0 spiro atoms. The van der Waals surface area contributed by atoms with E-state index in [-0.39, 0.29) is 6.42 Å². The summed E-state index contributed by atoms with van der Waals surface area (Å²) in [6.45, 7) is 0. The molecule has 2 unspecified atom stereocenters. The zero-order valence-electron chi connectivity index (χ0n) is 9.57. The number of methoxy groups -OCH3 is 2. The van der Waals surface area contributed by atoms with Crippen molar-refractivity contribution in [2.45, 2.75) is 25.0 Å². The maximum absolute atomic E-state index is 11.3. The van der Waals surface area contributed by atoms with Crippen LogP contribution in [0.1, 0.15) is 12.8 Å². The van der Waals surface area contributed by atoms with Gasteiger partial charge in [-0.2, -0.15) is 0 Å². The molecule has 1 aliphatic rings. The summed E-state index contributed by atoms with van der Waals surface area (Å²) in [4.78, 5) is 11.3. The molecule has 0 aromatic rings. The molecule has 0 heterocycles. The molecule has 0 aromatic carbocycles. The maximum atomic E-state index is 11.3. The van der Waals surface area contributed by atoms with Crippen molar-refractivity contribution >= 4 is 17.6 Å². The van der Waals surface area contributed by atoms with Crippen LogP contribution in [0.2, 0.25) is 0 Å². The van der Waals surface area contributed by atoms with Gasteiger partial charge in [0.2, 0.25) is 0 Å². The van der Waals surface area contributed by atoms with E-state index < -0.39 is 18.2 Å². The number of hydrogen-bond donors (Lipinski definition) is 2. The monoisotopic (exact) mass is 252 g/mol. The molecule has 6 heteroatoms. The first-order valence-electron chi connectivity index (χ1n) is 4.72. The molecule has 5 nitrogen and oxygen atoms in total. The smallest absolute Gasteiger partial charge is 0.335 e. The van der Waals surface area contributed by atoms with E-state index in [0.717, 1.165) is 7.11 Å². The summed E-state index contributed by atoms with van der Waals surface area (Å²) < 4.78 is 9.59. The summed E-state index contributed by atoms with van der Waals surface area (Å²) in [5, 5.41) is 16.8. The van der Waals surface area contributed by atoms with Crippen LogP contribution in [0.3, 0.4) is 0 Å². The minimum absolute atomic E-state index is 0.228. The number of ether oxygens (including phenoxy) is 2. The fourth-order valence-corrected chi connectivity index (χ4v) is 1.80. The van der Waals surface area contributed by atoms with Crippen LogP contribution in [0, 0.1) is 0 Å². The topological polar surface area (TPSA) is 76.0 Å². The Kier molecular flexibility index (Phi) is 7.33. The molecule has 1 aliphatic carbocycles. The third-order valence-corrected chi connectivity index (χ3v) is 2.68. The van der Waals surface area contributed by atoms with Crippen LogP contribution in [0.4, 0.5) is 0 Å². The number of aliphatic hydroxyl groups excluding tert-OH is 2. The lowest BCUT2D eigenvalue weighted by atomic mass is 9.94. The van der Waals surface area contributed by atoms with Crippen LogP contribution >= 0.6 is 11.6 Å². The number of carbonyl (C=O) groups excluding carboxylic acids is 1. The average molecular weight is 253 g/mol. The Labute approximate surface area is 99.6 Å². The molecule has 1 rings (SSSR count). The summed E-state index contributed by atoms with van der Waals surface area (Å²) >= 11 is 5.93. The van der Waals surface area contributed by atoms with Crippen LogP contribution < -0.4 is 0 Å². The second-order valence-electron chi connectivity index (χ2n) is 3.14. The van der Waals surface area contributed by atoms with Crippen molar-refractivity contribution in [2.24, 2.45) is 0 Å². The van der Waals surface area contributed by atoms with E-state index in [1.807, 2.05) is 0 Å². The van der Waals surface area contributed by atoms with Gasteiger partial charge in [-0.1, -0.05) is 11.6 Å². The summed E-state index contributed by atoms with van der Waals surface area (Å²) in [5.41, 5.74) is 0.305. The third kappa shape index (κ3) is 3.75. The molecule has 0 radical (unpaired) electrons. The number of esters is 1. The summed E-state index contributed by atoms with van der Waals surface area (Å²) in [7, 11) is 3.77. The van der Waals surface area contributed by atoms with Crippen LogP contribution in [0.15, 0.2) is 10.6 Å². The van der Waals surface area contributed by atoms with Gasteiger partial charge in [0.05, 0.1) is 29.9 Å². The van der Waals surface area contributed by atoms with Crippen molar-refractivity contribution in [3.05, 3.63) is 10.6 Å². The lowest BCUT2D eigenvalue weighted by Crippen LogP contribution is -2.29. The normalized spacial score (nSPS) is 24.6. The van der Waals surface area contributed by atoms with Crippen molar-refractivity contribution < 1.29 is 24.5 Å². The van der Waals surface area contributed by atoms with E-state index in [2.05, 4.69) is 4.74 Å². The highest BCUT2D eigenvalue weighted by Crippen LogP contribution is 2.30. The quantitative estimate of drug-likeness (QED) is 0.697. The van der Waals surface area contributed by atoms with Crippen molar-refractivity contribution in [1.82, 2.24) is 0 Å². The highest BCUT2D eigenvalue weighted by atomic mass is 35.5. The fourth-order valence-electron chi connectivity index (χ4n) is 1.47. The Bertz CT molecular complexity index is 264. The number of rotatable bonds is 2. The van der Waals surface area contributed by atoms with Crippen molar-refractivity contribution in [3.63, 3.8) is 0 Å². The van der Waals surface area contributed by atoms with Crippen molar-refractivity contribution in [1.29, 1.82) is 0 Å². The van der Waals surface area contributed by atoms with Gasteiger partial charge >= 0.3 is 5.97 Å². The second kappa shape index (κ2) is 7.62. The van der Waals surface area contributed by atoms with E-state index in [1.165, 1.54) is 14.2 Å². The SMILES string of the molecule is CO.COC(=O)C1=C(Cl)C(OC)CC(O)C1. The molecular weight excluding hydrogens is 236 g/mol. The van der Waals surface area contributed by atoms with E-state index in [9.17, 15) is 9.90 Å². The first-order valence-corrected chi connectivity index (χ1v) is 5.10. The van der Waals surface area contributed by atoms with E-state index >= 15 is 0 Å². The predicted molar refractivity (Wildman–Crippen MR) is 59.1 cm³/mol. The molecule has 94 valence electrons. The van der Waals surface area contributed by atoms with Gasteiger partial charge in [0.1, 0.15) is 0 Å². The first kappa shape index (κ1) is 15.4. The molecule has 16 heavy (non-hydrogen) atoms. The van der Waals surface area contributed by atoms with Gasteiger partial charge in [-0.25, -0.2) is 4.79 Å². The Balaban J connectivity index is 0.00000106. The molecule has 2 N–H and O–H groups in total. The van der Waals surface area contributed by atoms with Crippen LogP contribution in [0.5, 0.6) is 0 Å². The Hall–Kier alpha value is -0.620. The lowest BCUT2D eigenvalue weighted by molar-refractivity contribution is -0.137. The van der Waals surface area contributed by atoms with E-state index in [1.54, 1.807) is 0 Å². The minimum atomic E-state index is -0.600. The Morgan fingerprint density at radius 2 is 2.00 bits per heavy atom. The zero-order valence-corrected chi connectivity index (χ0v) is 10.3. The van der Waals surface area contributed by atoms with Gasteiger partial charge in [-0.05, 0) is 0 Å². The molecular formula is C10H17ClO5. The van der Waals surface area contributed by atoms with Crippen molar-refractivity contribution in [2.75, 3.05) is 21.3 Å². The van der Waals surface area contributed by atoms with Gasteiger partial charge in [-0.15, -0.1) is 0 Å². The molecule has 0 bridgehead atoms. The van der Waals surface area contributed by atoms with Crippen LogP contribution in [-0.4, -0.2) is 49.7 Å². The average Bonchev–Trinajstić information content (AvgIpc) is 2.33. The minimum Gasteiger partial charge on any atom is -0.466 e.